The molecule has 2 aliphatic rings. The molecule has 0 spiro atoms. The van der Waals surface area contributed by atoms with Crippen LogP contribution < -0.4 is 0 Å². The Morgan fingerprint density at radius 2 is 1.68 bits per heavy atom. The number of aldehydes is 1. The van der Waals surface area contributed by atoms with E-state index in [1.165, 1.54) is 37.7 Å². The first kappa shape index (κ1) is 16.9. The van der Waals surface area contributed by atoms with Crippen molar-refractivity contribution in [3.05, 3.63) is 0 Å². The topological polar surface area (TPSA) is 43.4 Å². The van der Waals surface area contributed by atoms with Gasteiger partial charge in [0.2, 0.25) is 0 Å². The van der Waals surface area contributed by atoms with E-state index in [0.29, 0.717) is 0 Å². The highest BCUT2D eigenvalue weighted by Crippen LogP contribution is 2.28. The highest BCUT2D eigenvalue weighted by Gasteiger charge is 2.25. The molecule has 0 aromatic heterocycles. The molecule has 3 nitrogen and oxygen atoms in total. The number of ether oxygens (including phenoxy) is 1. The molecular weight excluding hydrogens is 280 g/mol. The van der Waals surface area contributed by atoms with E-state index in [9.17, 15) is 9.59 Å². The van der Waals surface area contributed by atoms with Crippen LogP contribution in [0, 0.1) is 5.92 Å². The minimum atomic E-state index is -0.502. The molecule has 1 aliphatic heterocycles. The zero-order chi connectivity index (χ0) is 13.9. The predicted octanol–water partition coefficient (Wildman–Crippen LogP) is 3.86. The first-order valence-corrected chi connectivity index (χ1v) is 9.59. The number of hydrogen-bond donors (Lipinski definition) is 0. The lowest BCUT2D eigenvalue weighted by atomic mass is 9.86. The van der Waals surface area contributed by atoms with E-state index >= 15 is 0 Å². The summed E-state index contributed by atoms with van der Waals surface area (Å²) >= 11 is 0. The zero-order valence-electron chi connectivity index (χ0n) is 11.6. The number of rotatable bonds is 3. The Kier molecular flexibility index (Phi) is 9.43. The van der Waals surface area contributed by atoms with Crippen molar-refractivity contribution in [2.45, 2.75) is 58.0 Å². The summed E-state index contributed by atoms with van der Waals surface area (Å²) in [6.07, 6.45) is 8.70. The molecule has 1 saturated heterocycles. The standard InChI is InChI=1S/C10H16O3.C4H8S2/c1-8(12)13-10(7-11)9-5-3-2-4-6-9;1-2-4-6-5-3-1/h7,9-10H,2-6H2,1H3;1-4H2. The third kappa shape index (κ3) is 7.88. The van der Waals surface area contributed by atoms with Gasteiger partial charge in [0, 0.05) is 24.3 Å². The van der Waals surface area contributed by atoms with Crippen molar-refractivity contribution in [1.82, 2.24) is 0 Å². The summed E-state index contributed by atoms with van der Waals surface area (Å²) in [7, 11) is 4.02. The van der Waals surface area contributed by atoms with Gasteiger partial charge in [-0.25, -0.2) is 0 Å². The monoisotopic (exact) mass is 304 g/mol. The van der Waals surface area contributed by atoms with Crippen molar-refractivity contribution in [2.75, 3.05) is 11.5 Å². The van der Waals surface area contributed by atoms with Gasteiger partial charge in [-0.05, 0) is 25.7 Å². The van der Waals surface area contributed by atoms with Crippen LogP contribution in [0.2, 0.25) is 0 Å². The van der Waals surface area contributed by atoms with Crippen LogP contribution in [-0.2, 0) is 14.3 Å². The molecule has 2 rings (SSSR count). The predicted molar refractivity (Wildman–Crippen MR) is 82.3 cm³/mol. The third-order valence-corrected chi connectivity index (χ3v) is 5.92. The van der Waals surface area contributed by atoms with E-state index in [1.54, 1.807) is 0 Å². The van der Waals surface area contributed by atoms with E-state index in [2.05, 4.69) is 0 Å². The lowest BCUT2D eigenvalue weighted by Gasteiger charge is -2.25. The van der Waals surface area contributed by atoms with Crippen molar-refractivity contribution in [3.8, 4) is 0 Å². The van der Waals surface area contributed by atoms with Crippen molar-refractivity contribution in [2.24, 2.45) is 5.92 Å². The molecule has 0 aromatic rings. The molecule has 0 radical (unpaired) electrons. The Morgan fingerprint density at radius 3 is 2.05 bits per heavy atom. The Bertz CT molecular complexity index is 250. The minimum absolute atomic E-state index is 0.259. The van der Waals surface area contributed by atoms with Gasteiger partial charge in [-0.15, -0.1) is 0 Å². The Hall–Kier alpha value is -0.160. The van der Waals surface area contributed by atoms with Gasteiger partial charge in [0.25, 0.3) is 0 Å². The van der Waals surface area contributed by atoms with Gasteiger partial charge in [-0.1, -0.05) is 40.9 Å². The summed E-state index contributed by atoms with van der Waals surface area (Å²) < 4.78 is 4.93. The van der Waals surface area contributed by atoms with Gasteiger partial charge >= 0.3 is 5.97 Å². The molecule has 1 heterocycles. The van der Waals surface area contributed by atoms with Crippen LogP contribution in [0.3, 0.4) is 0 Å². The van der Waals surface area contributed by atoms with E-state index in [4.69, 9.17) is 4.74 Å². The average molecular weight is 304 g/mol. The fourth-order valence-corrected chi connectivity index (χ4v) is 4.62. The third-order valence-electron chi connectivity index (χ3n) is 3.34. The fraction of sp³-hybridized carbons (Fsp3) is 0.857. The molecular formula is C14H24O3S2. The fourth-order valence-electron chi connectivity index (χ4n) is 2.33. The van der Waals surface area contributed by atoms with Crippen molar-refractivity contribution >= 4 is 33.8 Å². The van der Waals surface area contributed by atoms with Crippen LogP contribution in [-0.4, -0.2) is 29.9 Å². The smallest absolute Gasteiger partial charge is 0.303 e. The van der Waals surface area contributed by atoms with E-state index in [0.717, 1.165) is 32.0 Å². The molecule has 1 unspecified atom stereocenters. The van der Waals surface area contributed by atoms with E-state index in [1.807, 2.05) is 21.6 Å². The summed E-state index contributed by atoms with van der Waals surface area (Å²) in [5.74, 6) is 2.66. The van der Waals surface area contributed by atoms with Crippen LogP contribution in [0.25, 0.3) is 0 Å². The SMILES string of the molecule is C1CCSSC1.CC(=O)OC(C=O)C1CCCCC1. The number of carbonyl (C=O) groups is 2. The van der Waals surface area contributed by atoms with Crippen molar-refractivity contribution in [3.63, 3.8) is 0 Å². The van der Waals surface area contributed by atoms with Gasteiger partial charge in [0.1, 0.15) is 0 Å². The lowest BCUT2D eigenvalue weighted by molar-refractivity contribution is -0.153. The summed E-state index contributed by atoms with van der Waals surface area (Å²) in [5, 5.41) is 0. The van der Waals surface area contributed by atoms with Gasteiger partial charge in [0.05, 0.1) is 0 Å². The summed E-state index contributed by atoms with van der Waals surface area (Å²) in [4.78, 5) is 21.3. The first-order chi connectivity index (χ1) is 9.24. The molecule has 0 N–H and O–H groups in total. The minimum Gasteiger partial charge on any atom is -0.455 e. The van der Waals surface area contributed by atoms with Crippen LogP contribution >= 0.6 is 21.6 Å². The molecule has 1 saturated carbocycles. The molecule has 5 heteroatoms. The van der Waals surface area contributed by atoms with Gasteiger partial charge in [0.15, 0.2) is 12.4 Å². The second-order valence-corrected chi connectivity index (χ2v) is 7.66. The van der Waals surface area contributed by atoms with Crippen molar-refractivity contribution in [1.29, 1.82) is 0 Å². The maximum Gasteiger partial charge on any atom is 0.303 e. The van der Waals surface area contributed by atoms with Crippen molar-refractivity contribution < 1.29 is 14.3 Å². The highest BCUT2D eigenvalue weighted by molar-refractivity contribution is 8.76. The molecule has 19 heavy (non-hydrogen) atoms. The summed E-state index contributed by atoms with van der Waals surface area (Å²) in [5.41, 5.74) is 0. The van der Waals surface area contributed by atoms with Gasteiger partial charge < -0.3 is 4.74 Å². The maximum atomic E-state index is 10.7. The molecule has 2 fully saturated rings. The molecule has 0 bridgehead atoms. The zero-order valence-corrected chi connectivity index (χ0v) is 13.3. The van der Waals surface area contributed by atoms with Crippen LogP contribution in [0.4, 0.5) is 0 Å². The largest absolute Gasteiger partial charge is 0.455 e. The lowest BCUT2D eigenvalue weighted by Crippen LogP contribution is -2.29. The number of hydrogen-bond acceptors (Lipinski definition) is 5. The molecule has 1 aliphatic carbocycles. The summed E-state index contributed by atoms with van der Waals surface area (Å²) in [6.45, 7) is 1.35. The summed E-state index contributed by atoms with van der Waals surface area (Å²) in [6, 6.07) is 0. The maximum absolute atomic E-state index is 10.7. The molecule has 0 amide bonds. The quantitative estimate of drug-likeness (QED) is 0.450. The highest BCUT2D eigenvalue weighted by atomic mass is 33.1. The number of carbonyl (C=O) groups excluding carboxylic acids is 2. The second kappa shape index (κ2) is 10.6. The average Bonchev–Trinajstić information content (AvgIpc) is 2.48. The Balaban J connectivity index is 0.000000250. The van der Waals surface area contributed by atoms with Crippen LogP contribution in [0.15, 0.2) is 0 Å². The van der Waals surface area contributed by atoms with Gasteiger partial charge in [-0.2, -0.15) is 0 Å². The van der Waals surface area contributed by atoms with E-state index in [-0.39, 0.29) is 11.9 Å². The Morgan fingerprint density at radius 1 is 1.11 bits per heavy atom. The number of esters is 1. The van der Waals surface area contributed by atoms with Crippen LogP contribution in [0.1, 0.15) is 51.9 Å². The van der Waals surface area contributed by atoms with Gasteiger partial charge in [-0.3, -0.25) is 9.59 Å². The first-order valence-electron chi connectivity index (χ1n) is 7.11. The van der Waals surface area contributed by atoms with Crippen LogP contribution in [0.5, 0.6) is 0 Å². The van der Waals surface area contributed by atoms with E-state index < -0.39 is 6.10 Å². The molecule has 0 aromatic carbocycles. The molecule has 1 atom stereocenters. The normalized spacial score (nSPS) is 21.7. The second-order valence-electron chi connectivity index (χ2n) is 4.96. The molecule has 110 valence electrons. The Labute approximate surface area is 124 Å².